The molecule has 0 heterocycles. The average Bonchev–Trinajstić information content (AvgIpc) is 2.50. The van der Waals surface area contributed by atoms with Crippen LogP contribution >= 0.6 is 28.1 Å². The second-order valence-electron chi connectivity index (χ2n) is 4.38. The first-order chi connectivity index (χ1) is 10.6. The molecule has 0 amide bonds. The van der Waals surface area contributed by atoms with Crippen molar-refractivity contribution in [2.24, 2.45) is 0 Å². The summed E-state index contributed by atoms with van der Waals surface area (Å²) in [6.07, 6.45) is 0. The van der Waals surface area contributed by atoms with Crippen molar-refractivity contribution in [3.05, 3.63) is 58.6 Å². The third-order valence-corrected chi connectivity index (χ3v) is 3.49. The Morgan fingerprint density at radius 1 is 1.05 bits per heavy atom. The minimum Gasteiger partial charge on any atom is -0.462 e. The Kier molecular flexibility index (Phi) is 5.91. The Morgan fingerprint density at radius 2 is 1.55 bits per heavy atom. The number of hydrogen-bond donors (Lipinski definition) is 2. The number of carbonyl (C=O) groups is 1. The molecule has 0 fully saturated rings. The fourth-order valence-corrected chi connectivity index (χ4v) is 2.23. The van der Waals surface area contributed by atoms with Gasteiger partial charge in [-0.2, -0.15) is 0 Å². The molecule has 0 spiro atoms. The third-order valence-electron chi connectivity index (χ3n) is 2.76. The van der Waals surface area contributed by atoms with Crippen LogP contribution in [0.5, 0.6) is 0 Å². The zero-order valence-corrected chi connectivity index (χ0v) is 14.3. The second-order valence-corrected chi connectivity index (χ2v) is 5.71. The lowest BCUT2D eigenvalue weighted by atomic mass is 10.2. The Bertz CT molecular complexity index is 657. The number of anilines is 2. The van der Waals surface area contributed by atoms with E-state index >= 15 is 0 Å². The minimum atomic E-state index is -0.329. The third kappa shape index (κ3) is 4.82. The molecule has 0 aliphatic heterocycles. The molecule has 2 N–H and O–H groups in total. The number of carbonyl (C=O) groups excluding carboxylic acids is 1. The van der Waals surface area contributed by atoms with Gasteiger partial charge in [0.25, 0.3) is 0 Å². The van der Waals surface area contributed by atoms with Crippen LogP contribution in [-0.4, -0.2) is 17.7 Å². The molecule has 22 heavy (non-hydrogen) atoms. The van der Waals surface area contributed by atoms with Gasteiger partial charge in [-0.25, -0.2) is 4.79 Å². The zero-order chi connectivity index (χ0) is 15.9. The van der Waals surface area contributed by atoms with Crippen molar-refractivity contribution in [1.29, 1.82) is 0 Å². The molecule has 0 aliphatic carbocycles. The van der Waals surface area contributed by atoms with Crippen molar-refractivity contribution in [2.75, 3.05) is 17.2 Å². The molecular formula is C16H15BrN2O2S. The topological polar surface area (TPSA) is 50.4 Å². The molecule has 2 aromatic rings. The Morgan fingerprint density at radius 3 is 2.05 bits per heavy atom. The van der Waals surface area contributed by atoms with E-state index in [9.17, 15) is 4.79 Å². The quantitative estimate of drug-likeness (QED) is 0.608. The number of halogens is 1. The lowest BCUT2D eigenvalue weighted by Gasteiger charge is -2.11. The lowest BCUT2D eigenvalue weighted by molar-refractivity contribution is 0.0526. The van der Waals surface area contributed by atoms with Crippen molar-refractivity contribution >= 4 is 50.6 Å². The molecule has 0 bridgehead atoms. The van der Waals surface area contributed by atoms with Crippen LogP contribution in [-0.2, 0) is 4.74 Å². The van der Waals surface area contributed by atoms with E-state index in [-0.39, 0.29) is 5.97 Å². The highest BCUT2D eigenvalue weighted by Crippen LogP contribution is 2.15. The first kappa shape index (κ1) is 16.5. The summed E-state index contributed by atoms with van der Waals surface area (Å²) in [4.78, 5) is 11.6. The summed E-state index contributed by atoms with van der Waals surface area (Å²) in [5.41, 5.74) is 2.20. The van der Waals surface area contributed by atoms with Crippen LogP contribution in [0.2, 0.25) is 0 Å². The maximum atomic E-state index is 11.6. The number of ether oxygens (including phenoxy) is 1. The van der Waals surface area contributed by atoms with Crippen molar-refractivity contribution in [3.8, 4) is 0 Å². The summed E-state index contributed by atoms with van der Waals surface area (Å²) >= 11 is 8.63. The molecule has 2 aromatic carbocycles. The second kappa shape index (κ2) is 7.91. The monoisotopic (exact) mass is 378 g/mol. The van der Waals surface area contributed by atoms with E-state index in [1.54, 1.807) is 31.2 Å². The van der Waals surface area contributed by atoms with Gasteiger partial charge in [-0.3, -0.25) is 0 Å². The van der Waals surface area contributed by atoms with Crippen LogP contribution < -0.4 is 10.6 Å². The number of nitrogens with one attached hydrogen (secondary N) is 2. The summed E-state index contributed by atoms with van der Waals surface area (Å²) in [6.45, 7) is 2.14. The number of rotatable bonds is 4. The van der Waals surface area contributed by atoms with Gasteiger partial charge in [0.2, 0.25) is 0 Å². The van der Waals surface area contributed by atoms with Crippen LogP contribution in [0.4, 0.5) is 11.4 Å². The molecular weight excluding hydrogens is 364 g/mol. The lowest BCUT2D eigenvalue weighted by Crippen LogP contribution is -2.19. The van der Waals surface area contributed by atoms with Gasteiger partial charge in [-0.05, 0) is 67.7 Å². The highest BCUT2D eigenvalue weighted by Gasteiger charge is 2.06. The van der Waals surface area contributed by atoms with Crippen molar-refractivity contribution in [1.82, 2.24) is 0 Å². The van der Waals surface area contributed by atoms with E-state index < -0.39 is 0 Å². The fourth-order valence-electron chi connectivity index (χ4n) is 1.73. The summed E-state index contributed by atoms with van der Waals surface area (Å²) in [5, 5.41) is 6.62. The highest BCUT2D eigenvalue weighted by molar-refractivity contribution is 9.10. The van der Waals surface area contributed by atoms with Gasteiger partial charge in [-0.1, -0.05) is 15.9 Å². The van der Waals surface area contributed by atoms with E-state index in [0.717, 1.165) is 15.8 Å². The number of hydrogen-bond acceptors (Lipinski definition) is 3. The van der Waals surface area contributed by atoms with E-state index in [1.165, 1.54) is 0 Å². The molecule has 0 radical (unpaired) electrons. The highest BCUT2D eigenvalue weighted by atomic mass is 79.9. The predicted molar refractivity (Wildman–Crippen MR) is 96.4 cm³/mol. The normalized spacial score (nSPS) is 9.91. The molecule has 0 saturated carbocycles. The van der Waals surface area contributed by atoms with Gasteiger partial charge >= 0.3 is 5.97 Å². The van der Waals surface area contributed by atoms with Gasteiger partial charge < -0.3 is 15.4 Å². The number of thiocarbonyl (C=S) groups is 1. The largest absolute Gasteiger partial charge is 0.462 e. The summed E-state index contributed by atoms with van der Waals surface area (Å²) in [7, 11) is 0. The van der Waals surface area contributed by atoms with Crippen LogP contribution in [0.1, 0.15) is 17.3 Å². The number of benzene rings is 2. The molecule has 4 nitrogen and oxygen atoms in total. The van der Waals surface area contributed by atoms with E-state index in [0.29, 0.717) is 17.3 Å². The molecule has 0 aliphatic rings. The first-order valence-corrected chi connectivity index (χ1v) is 7.89. The maximum absolute atomic E-state index is 11.6. The Labute approximate surface area is 143 Å². The van der Waals surface area contributed by atoms with Crippen LogP contribution in [0.15, 0.2) is 53.0 Å². The van der Waals surface area contributed by atoms with Crippen molar-refractivity contribution < 1.29 is 9.53 Å². The van der Waals surface area contributed by atoms with Gasteiger partial charge in [0.1, 0.15) is 0 Å². The van der Waals surface area contributed by atoms with Crippen LogP contribution in [0, 0.1) is 0 Å². The zero-order valence-electron chi connectivity index (χ0n) is 11.9. The number of esters is 1. The molecule has 2 rings (SSSR count). The Hall–Kier alpha value is -1.92. The molecule has 114 valence electrons. The SMILES string of the molecule is CCOC(=O)c1ccc(NC(=S)Nc2ccc(Br)cc2)cc1. The standard InChI is InChI=1S/C16H15BrN2O2S/c1-2-21-15(20)11-3-7-13(8-4-11)18-16(22)19-14-9-5-12(17)6-10-14/h3-10H,2H2,1H3,(H2,18,19,22). The summed E-state index contributed by atoms with van der Waals surface area (Å²) in [5.74, 6) is -0.329. The van der Waals surface area contributed by atoms with Gasteiger partial charge in [0.05, 0.1) is 12.2 Å². The molecule has 0 unspecified atom stereocenters. The van der Waals surface area contributed by atoms with Crippen molar-refractivity contribution in [3.63, 3.8) is 0 Å². The van der Waals surface area contributed by atoms with Crippen LogP contribution in [0.3, 0.4) is 0 Å². The molecule has 0 saturated heterocycles. The van der Waals surface area contributed by atoms with E-state index in [1.807, 2.05) is 24.3 Å². The first-order valence-electron chi connectivity index (χ1n) is 6.69. The van der Waals surface area contributed by atoms with Gasteiger partial charge in [0, 0.05) is 15.8 Å². The summed E-state index contributed by atoms with van der Waals surface area (Å²) in [6, 6.07) is 14.6. The van der Waals surface area contributed by atoms with E-state index in [2.05, 4.69) is 26.6 Å². The molecule has 0 aromatic heterocycles. The van der Waals surface area contributed by atoms with Crippen LogP contribution in [0.25, 0.3) is 0 Å². The van der Waals surface area contributed by atoms with Gasteiger partial charge in [-0.15, -0.1) is 0 Å². The smallest absolute Gasteiger partial charge is 0.338 e. The maximum Gasteiger partial charge on any atom is 0.338 e. The summed E-state index contributed by atoms with van der Waals surface area (Å²) < 4.78 is 5.94. The molecule has 0 atom stereocenters. The van der Waals surface area contributed by atoms with Crippen molar-refractivity contribution in [2.45, 2.75) is 6.92 Å². The average molecular weight is 379 g/mol. The van der Waals surface area contributed by atoms with Gasteiger partial charge in [0.15, 0.2) is 5.11 Å². The van der Waals surface area contributed by atoms with E-state index in [4.69, 9.17) is 17.0 Å². The Balaban J connectivity index is 1.94. The minimum absolute atomic E-state index is 0.329. The predicted octanol–water partition coefficient (Wildman–Crippen LogP) is 4.43. The molecule has 6 heteroatoms. The fraction of sp³-hybridized carbons (Fsp3) is 0.125.